The number of nitrogens with one attached hydrogen (secondary N) is 1. The van der Waals surface area contributed by atoms with Gasteiger partial charge in [0.15, 0.2) is 5.52 Å². The van der Waals surface area contributed by atoms with Crippen LogP contribution < -0.4 is 16.6 Å². The molecule has 0 spiro atoms. The van der Waals surface area contributed by atoms with Gasteiger partial charge in [-0.3, -0.25) is 18.7 Å². The highest BCUT2D eigenvalue weighted by atomic mass is 19.1. The summed E-state index contributed by atoms with van der Waals surface area (Å²) in [6, 6.07) is 4.09. The molecule has 0 bridgehead atoms. The van der Waals surface area contributed by atoms with Crippen molar-refractivity contribution in [2.45, 2.75) is 13.5 Å². The smallest absolute Gasteiger partial charge is 0.324 e. The Morgan fingerprint density at radius 2 is 1.96 bits per heavy atom. The highest BCUT2D eigenvalue weighted by Gasteiger charge is 2.16. The standard InChI is InChI=1S/C16H16FN5O3/c1-9-4-5-10(17)6-11(9)19-12(23)7-22-8-18-13-14(22)20(2)16(25)21(3)15(13)24/h4-6,8H,7H2,1-3H3,(H,19,23). The van der Waals surface area contributed by atoms with Crippen LogP contribution >= 0.6 is 0 Å². The maximum atomic E-state index is 13.3. The Morgan fingerprint density at radius 1 is 1.24 bits per heavy atom. The van der Waals surface area contributed by atoms with E-state index in [0.717, 1.165) is 4.57 Å². The molecule has 0 atom stereocenters. The first-order valence-corrected chi connectivity index (χ1v) is 7.46. The van der Waals surface area contributed by atoms with Crippen molar-refractivity contribution in [1.82, 2.24) is 18.7 Å². The maximum Gasteiger partial charge on any atom is 0.332 e. The molecule has 1 N–H and O–H groups in total. The maximum absolute atomic E-state index is 13.3. The fourth-order valence-electron chi connectivity index (χ4n) is 2.63. The van der Waals surface area contributed by atoms with Crippen molar-refractivity contribution in [2.75, 3.05) is 5.32 Å². The number of amides is 1. The summed E-state index contributed by atoms with van der Waals surface area (Å²) < 4.78 is 16.9. The van der Waals surface area contributed by atoms with Gasteiger partial charge in [-0.25, -0.2) is 14.2 Å². The molecular formula is C16H16FN5O3. The summed E-state index contributed by atoms with van der Waals surface area (Å²) in [6.07, 6.45) is 1.32. The van der Waals surface area contributed by atoms with E-state index in [1.165, 1.54) is 41.7 Å². The van der Waals surface area contributed by atoms with Crippen LogP contribution in [0.1, 0.15) is 5.56 Å². The second-order valence-corrected chi connectivity index (χ2v) is 5.76. The zero-order valence-electron chi connectivity index (χ0n) is 13.9. The highest BCUT2D eigenvalue weighted by molar-refractivity contribution is 5.92. The van der Waals surface area contributed by atoms with Crippen LogP contribution in [0.5, 0.6) is 0 Å². The molecule has 9 heteroatoms. The summed E-state index contributed by atoms with van der Waals surface area (Å²) in [6.45, 7) is 1.57. The molecule has 8 nitrogen and oxygen atoms in total. The number of rotatable bonds is 3. The number of nitrogens with zero attached hydrogens (tertiary/aromatic N) is 4. The predicted molar refractivity (Wildman–Crippen MR) is 90.0 cm³/mol. The number of carbonyl (C=O) groups is 1. The number of benzene rings is 1. The second-order valence-electron chi connectivity index (χ2n) is 5.76. The Labute approximate surface area is 141 Å². The molecule has 0 aliphatic rings. The first kappa shape index (κ1) is 16.6. The average molecular weight is 345 g/mol. The molecule has 130 valence electrons. The normalized spacial score (nSPS) is 11.0. The summed E-state index contributed by atoms with van der Waals surface area (Å²) in [7, 11) is 2.86. The number of imidazole rings is 1. The lowest BCUT2D eigenvalue weighted by Crippen LogP contribution is -2.37. The molecule has 0 radical (unpaired) electrons. The van der Waals surface area contributed by atoms with Crippen LogP contribution in [0.3, 0.4) is 0 Å². The third-order valence-electron chi connectivity index (χ3n) is 4.00. The van der Waals surface area contributed by atoms with Gasteiger partial charge in [-0.1, -0.05) is 6.07 Å². The quantitative estimate of drug-likeness (QED) is 0.749. The predicted octanol–water partition coefficient (Wildman–Crippen LogP) is 0.520. The van der Waals surface area contributed by atoms with Crippen molar-refractivity contribution in [3.8, 4) is 0 Å². The largest absolute Gasteiger partial charge is 0.332 e. The number of hydrogen-bond donors (Lipinski definition) is 1. The minimum atomic E-state index is -0.529. The Hall–Kier alpha value is -3.23. The van der Waals surface area contributed by atoms with Gasteiger partial charge in [-0.15, -0.1) is 0 Å². The van der Waals surface area contributed by atoms with Crippen LogP contribution in [-0.4, -0.2) is 24.6 Å². The van der Waals surface area contributed by atoms with Crippen molar-refractivity contribution in [3.63, 3.8) is 0 Å². The van der Waals surface area contributed by atoms with Crippen LogP contribution in [0.2, 0.25) is 0 Å². The van der Waals surface area contributed by atoms with Crippen LogP contribution in [-0.2, 0) is 25.4 Å². The summed E-state index contributed by atoms with van der Waals surface area (Å²) in [5, 5.41) is 2.62. The molecule has 25 heavy (non-hydrogen) atoms. The molecule has 2 heterocycles. The minimum Gasteiger partial charge on any atom is -0.324 e. The molecule has 1 aromatic carbocycles. The zero-order chi connectivity index (χ0) is 18.3. The van der Waals surface area contributed by atoms with Gasteiger partial charge in [0, 0.05) is 19.8 Å². The third kappa shape index (κ3) is 2.84. The van der Waals surface area contributed by atoms with E-state index in [2.05, 4.69) is 10.3 Å². The lowest BCUT2D eigenvalue weighted by molar-refractivity contribution is -0.116. The van der Waals surface area contributed by atoms with E-state index in [1.54, 1.807) is 13.0 Å². The van der Waals surface area contributed by atoms with Gasteiger partial charge in [0.1, 0.15) is 18.0 Å². The first-order valence-electron chi connectivity index (χ1n) is 7.46. The number of anilines is 1. The molecule has 0 aliphatic carbocycles. The number of carbonyl (C=O) groups excluding carboxylic acids is 1. The molecule has 3 rings (SSSR count). The topological polar surface area (TPSA) is 90.9 Å². The Balaban J connectivity index is 1.96. The molecule has 0 saturated carbocycles. The third-order valence-corrected chi connectivity index (χ3v) is 4.00. The molecule has 3 aromatic rings. The molecule has 2 aromatic heterocycles. The van der Waals surface area contributed by atoms with E-state index in [9.17, 15) is 18.8 Å². The molecule has 1 amide bonds. The van der Waals surface area contributed by atoms with Gasteiger partial charge in [-0.05, 0) is 24.6 Å². The van der Waals surface area contributed by atoms with Crippen molar-refractivity contribution < 1.29 is 9.18 Å². The summed E-state index contributed by atoms with van der Waals surface area (Å²) in [4.78, 5) is 40.4. The SMILES string of the molecule is Cc1ccc(F)cc1NC(=O)Cn1cnc2c(=O)n(C)c(=O)n(C)c21. The molecule has 0 aliphatic heterocycles. The molecule has 0 unspecified atom stereocenters. The van der Waals surface area contributed by atoms with Gasteiger partial charge >= 0.3 is 5.69 Å². The van der Waals surface area contributed by atoms with Gasteiger partial charge < -0.3 is 9.88 Å². The number of hydrogen-bond acceptors (Lipinski definition) is 4. The Morgan fingerprint density at radius 3 is 2.68 bits per heavy atom. The second kappa shape index (κ2) is 6.00. The van der Waals surface area contributed by atoms with Crippen LogP contribution in [0.25, 0.3) is 11.2 Å². The number of fused-ring (bicyclic) bond motifs is 1. The molecule has 0 fully saturated rings. The number of aryl methyl sites for hydroxylation is 2. The van der Waals surface area contributed by atoms with Crippen LogP contribution in [0.15, 0.2) is 34.1 Å². The minimum absolute atomic E-state index is 0.0966. The van der Waals surface area contributed by atoms with Crippen molar-refractivity contribution >= 4 is 22.8 Å². The monoisotopic (exact) mass is 345 g/mol. The van der Waals surface area contributed by atoms with E-state index >= 15 is 0 Å². The van der Waals surface area contributed by atoms with Gasteiger partial charge in [0.25, 0.3) is 5.56 Å². The summed E-state index contributed by atoms with van der Waals surface area (Å²) in [5.41, 5.74) is 0.378. The van der Waals surface area contributed by atoms with E-state index in [-0.39, 0.29) is 17.7 Å². The summed E-state index contributed by atoms with van der Waals surface area (Å²) in [5.74, 6) is -0.888. The number of aromatic nitrogens is 4. The average Bonchev–Trinajstić information content (AvgIpc) is 2.98. The van der Waals surface area contributed by atoms with Crippen LogP contribution in [0, 0.1) is 12.7 Å². The molecular weight excluding hydrogens is 329 g/mol. The lowest BCUT2D eigenvalue weighted by Gasteiger charge is -2.11. The van der Waals surface area contributed by atoms with Crippen LogP contribution in [0.4, 0.5) is 10.1 Å². The first-order chi connectivity index (χ1) is 11.8. The lowest BCUT2D eigenvalue weighted by atomic mass is 10.2. The fourth-order valence-corrected chi connectivity index (χ4v) is 2.63. The zero-order valence-corrected chi connectivity index (χ0v) is 13.9. The summed E-state index contributed by atoms with van der Waals surface area (Å²) >= 11 is 0. The van der Waals surface area contributed by atoms with Gasteiger partial charge in [0.05, 0.1) is 6.33 Å². The highest BCUT2D eigenvalue weighted by Crippen LogP contribution is 2.16. The van der Waals surface area contributed by atoms with E-state index in [0.29, 0.717) is 11.3 Å². The van der Waals surface area contributed by atoms with Crippen molar-refractivity contribution in [3.05, 3.63) is 56.7 Å². The van der Waals surface area contributed by atoms with E-state index in [4.69, 9.17) is 0 Å². The molecule has 0 saturated heterocycles. The van der Waals surface area contributed by atoms with E-state index in [1.807, 2.05) is 0 Å². The van der Waals surface area contributed by atoms with E-state index < -0.39 is 23.0 Å². The Kier molecular flexibility index (Phi) is 3.99. The van der Waals surface area contributed by atoms with Crippen molar-refractivity contribution in [2.24, 2.45) is 14.1 Å². The number of halogens is 1. The Bertz CT molecular complexity index is 1110. The van der Waals surface area contributed by atoms with Crippen molar-refractivity contribution in [1.29, 1.82) is 0 Å². The van der Waals surface area contributed by atoms with Gasteiger partial charge in [-0.2, -0.15) is 0 Å². The van der Waals surface area contributed by atoms with Gasteiger partial charge in [0.2, 0.25) is 5.91 Å². The fraction of sp³-hybridized carbons (Fsp3) is 0.250.